The van der Waals surface area contributed by atoms with Gasteiger partial charge in [0, 0.05) is 19.1 Å². The normalized spacial score (nSPS) is 23.6. The first-order valence-electron chi connectivity index (χ1n) is 6.21. The fourth-order valence-corrected chi connectivity index (χ4v) is 3.82. The summed E-state index contributed by atoms with van der Waals surface area (Å²) in [5.74, 6) is 0.141. The van der Waals surface area contributed by atoms with E-state index in [0.29, 0.717) is 25.1 Å². The van der Waals surface area contributed by atoms with E-state index in [1.807, 2.05) is 13.0 Å². The van der Waals surface area contributed by atoms with Crippen LogP contribution in [-0.4, -0.2) is 31.9 Å². The highest BCUT2D eigenvalue weighted by molar-refractivity contribution is 7.89. The number of piperidine rings is 1. The maximum absolute atomic E-state index is 12.5. The van der Waals surface area contributed by atoms with Crippen molar-refractivity contribution in [2.45, 2.75) is 24.3 Å². The molecule has 1 saturated heterocycles. The molecule has 0 bridgehead atoms. The van der Waals surface area contributed by atoms with E-state index < -0.39 is 10.0 Å². The summed E-state index contributed by atoms with van der Waals surface area (Å²) in [4.78, 5) is 0.175. The molecule has 1 fully saturated rings. The van der Waals surface area contributed by atoms with Crippen molar-refractivity contribution in [3.8, 4) is 6.07 Å². The molecule has 1 aliphatic heterocycles. The van der Waals surface area contributed by atoms with E-state index in [2.05, 4.69) is 0 Å². The maximum atomic E-state index is 12.5. The molecule has 20 heavy (non-hydrogen) atoms. The fourth-order valence-electron chi connectivity index (χ4n) is 2.22. The van der Waals surface area contributed by atoms with Crippen molar-refractivity contribution in [1.82, 2.24) is 4.31 Å². The lowest BCUT2D eigenvalue weighted by Gasteiger charge is -2.34. The SMILES string of the molecule is CC1CN(S(=O)(=O)c2cccc(C#N)c2)CCC1N.Cl. The zero-order valence-corrected chi connectivity index (χ0v) is 12.8. The topological polar surface area (TPSA) is 87.2 Å². The second-order valence-corrected chi connectivity index (χ2v) is 6.87. The molecule has 0 radical (unpaired) electrons. The van der Waals surface area contributed by atoms with E-state index in [9.17, 15) is 8.42 Å². The zero-order valence-electron chi connectivity index (χ0n) is 11.2. The third kappa shape index (κ3) is 3.30. The smallest absolute Gasteiger partial charge is 0.243 e. The van der Waals surface area contributed by atoms with Crippen molar-refractivity contribution in [2.75, 3.05) is 13.1 Å². The van der Waals surface area contributed by atoms with Gasteiger partial charge >= 0.3 is 0 Å². The molecular formula is C13H18ClN3O2S. The molecule has 0 saturated carbocycles. The molecule has 1 aliphatic rings. The largest absolute Gasteiger partial charge is 0.327 e. The Bertz CT molecular complexity index is 612. The first-order chi connectivity index (χ1) is 8.95. The standard InChI is InChI=1S/C13H17N3O2S.ClH/c1-10-9-16(6-5-13(10)15)19(17,18)12-4-2-3-11(7-12)8-14;/h2-4,7,10,13H,5-6,9,15H2,1H3;1H. The van der Waals surface area contributed by atoms with Gasteiger partial charge in [0.05, 0.1) is 16.5 Å². The molecule has 0 aromatic heterocycles. The summed E-state index contributed by atoms with van der Waals surface area (Å²) in [6, 6.07) is 8.12. The molecule has 2 rings (SSSR count). The second kappa shape index (κ2) is 6.55. The zero-order chi connectivity index (χ0) is 14.0. The van der Waals surface area contributed by atoms with Crippen molar-refractivity contribution >= 4 is 22.4 Å². The molecule has 110 valence electrons. The lowest BCUT2D eigenvalue weighted by molar-refractivity contribution is 0.250. The molecule has 7 heteroatoms. The monoisotopic (exact) mass is 315 g/mol. The fraction of sp³-hybridized carbons (Fsp3) is 0.462. The quantitative estimate of drug-likeness (QED) is 0.892. The highest BCUT2D eigenvalue weighted by Gasteiger charge is 2.31. The molecule has 2 atom stereocenters. The molecule has 1 heterocycles. The number of rotatable bonds is 2. The molecular weight excluding hydrogens is 298 g/mol. The van der Waals surface area contributed by atoms with E-state index in [0.717, 1.165) is 0 Å². The van der Waals surface area contributed by atoms with Gasteiger partial charge in [-0.1, -0.05) is 13.0 Å². The van der Waals surface area contributed by atoms with Gasteiger partial charge in [0.1, 0.15) is 0 Å². The van der Waals surface area contributed by atoms with Crippen molar-refractivity contribution in [3.63, 3.8) is 0 Å². The Balaban J connectivity index is 0.00000200. The summed E-state index contributed by atoms with van der Waals surface area (Å²) < 4.78 is 26.4. The van der Waals surface area contributed by atoms with Gasteiger partial charge in [0.25, 0.3) is 0 Å². The van der Waals surface area contributed by atoms with Gasteiger partial charge in [-0.3, -0.25) is 0 Å². The Morgan fingerprint density at radius 3 is 2.75 bits per heavy atom. The number of nitrogens with two attached hydrogens (primary N) is 1. The second-order valence-electron chi connectivity index (χ2n) is 4.93. The molecule has 1 aromatic rings. The average molecular weight is 316 g/mol. The minimum atomic E-state index is -3.52. The van der Waals surface area contributed by atoms with E-state index in [1.165, 1.54) is 16.4 Å². The van der Waals surface area contributed by atoms with Gasteiger partial charge in [-0.25, -0.2) is 8.42 Å². The van der Waals surface area contributed by atoms with Gasteiger partial charge in [0.2, 0.25) is 10.0 Å². The molecule has 0 aliphatic carbocycles. The van der Waals surface area contributed by atoms with Gasteiger partial charge in [-0.2, -0.15) is 9.57 Å². The van der Waals surface area contributed by atoms with Crippen LogP contribution >= 0.6 is 12.4 Å². The first-order valence-corrected chi connectivity index (χ1v) is 7.65. The molecule has 0 spiro atoms. The number of sulfonamides is 1. The summed E-state index contributed by atoms with van der Waals surface area (Å²) >= 11 is 0. The van der Waals surface area contributed by atoms with Crippen molar-refractivity contribution in [2.24, 2.45) is 11.7 Å². The number of benzene rings is 1. The van der Waals surface area contributed by atoms with Crippen LogP contribution in [0.25, 0.3) is 0 Å². The van der Waals surface area contributed by atoms with Gasteiger partial charge in [-0.05, 0) is 30.5 Å². The molecule has 5 nitrogen and oxygen atoms in total. The van der Waals surface area contributed by atoms with Crippen LogP contribution in [0.4, 0.5) is 0 Å². The minimum absolute atomic E-state index is 0. The predicted molar refractivity (Wildman–Crippen MR) is 78.9 cm³/mol. The molecule has 2 unspecified atom stereocenters. The number of nitriles is 1. The number of nitrogens with zero attached hydrogens (tertiary/aromatic N) is 2. The summed E-state index contributed by atoms with van der Waals surface area (Å²) in [6.07, 6.45) is 0.665. The van der Waals surface area contributed by atoms with Crippen LogP contribution in [0.3, 0.4) is 0 Å². The van der Waals surface area contributed by atoms with Crippen LogP contribution < -0.4 is 5.73 Å². The Hall–Kier alpha value is -1.13. The molecule has 1 aromatic carbocycles. The Kier molecular flexibility index (Phi) is 5.54. The van der Waals surface area contributed by atoms with Crippen LogP contribution in [0.1, 0.15) is 18.9 Å². The minimum Gasteiger partial charge on any atom is -0.327 e. The molecule has 2 N–H and O–H groups in total. The third-order valence-electron chi connectivity index (χ3n) is 3.54. The number of hydrogen-bond acceptors (Lipinski definition) is 4. The van der Waals surface area contributed by atoms with Crippen LogP contribution in [-0.2, 0) is 10.0 Å². The van der Waals surface area contributed by atoms with E-state index in [4.69, 9.17) is 11.0 Å². The lowest BCUT2D eigenvalue weighted by atomic mass is 9.96. The van der Waals surface area contributed by atoms with E-state index >= 15 is 0 Å². The maximum Gasteiger partial charge on any atom is 0.243 e. The Morgan fingerprint density at radius 1 is 1.45 bits per heavy atom. The summed E-state index contributed by atoms with van der Waals surface area (Å²) in [6.45, 7) is 2.82. The summed E-state index contributed by atoms with van der Waals surface area (Å²) in [7, 11) is -3.52. The molecule has 0 amide bonds. The predicted octanol–water partition coefficient (Wildman–Crippen LogP) is 1.34. The third-order valence-corrected chi connectivity index (χ3v) is 5.40. The van der Waals surface area contributed by atoms with Crippen LogP contribution in [0.15, 0.2) is 29.2 Å². The number of halogens is 1. The van der Waals surface area contributed by atoms with Crippen LogP contribution in [0.2, 0.25) is 0 Å². The highest BCUT2D eigenvalue weighted by atomic mass is 35.5. The van der Waals surface area contributed by atoms with Gasteiger partial charge in [-0.15, -0.1) is 12.4 Å². The van der Waals surface area contributed by atoms with Gasteiger partial charge < -0.3 is 5.73 Å². The van der Waals surface area contributed by atoms with E-state index in [-0.39, 0.29) is 29.3 Å². The number of hydrogen-bond donors (Lipinski definition) is 1. The average Bonchev–Trinajstić information content (AvgIpc) is 2.41. The first kappa shape index (κ1) is 16.9. The summed E-state index contributed by atoms with van der Waals surface area (Å²) in [5.41, 5.74) is 6.25. The van der Waals surface area contributed by atoms with Crippen LogP contribution in [0.5, 0.6) is 0 Å². The van der Waals surface area contributed by atoms with Gasteiger partial charge in [0.15, 0.2) is 0 Å². The van der Waals surface area contributed by atoms with E-state index in [1.54, 1.807) is 12.1 Å². The van der Waals surface area contributed by atoms with Crippen molar-refractivity contribution in [3.05, 3.63) is 29.8 Å². The Morgan fingerprint density at radius 2 is 2.15 bits per heavy atom. The summed E-state index contributed by atoms with van der Waals surface area (Å²) in [5, 5.41) is 8.84. The highest BCUT2D eigenvalue weighted by Crippen LogP contribution is 2.23. The lowest BCUT2D eigenvalue weighted by Crippen LogP contribution is -2.48. The Labute approximate surface area is 125 Å². The van der Waals surface area contributed by atoms with Crippen molar-refractivity contribution < 1.29 is 8.42 Å². The van der Waals surface area contributed by atoms with Crippen LogP contribution in [0, 0.1) is 17.2 Å². The van der Waals surface area contributed by atoms with Crippen molar-refractivity contribution in [1.29, 1.82) is 5.26 Å².